The summed E-state index contributed by atoms with van der Waals surface area (Å²) in [6, 6.07) is 8.40. The summed E-state index contributed by atoms with van der Waals surface area (Å²) in [5.74, 6) is 1.18. The molecule has 1 amide bonds. The summed E-state index contributed by atoms with van der Waals surface area (Å²) in [7, 11) is 2.03. The van der Waals surface area contributed by atoms with Crippen LogP contribution in [0.25, 0.3) is 0 Å². The molecule has 0 aliphatic carbocycles. The first-order valence-electron chi connectivity index (χ1n) is 7.66. The van der Waals surface area contributed by atoms with Crippen molar-refractivity contribution in [3.63, 3.8) is 0 Å². The lowest BCUT2D eigenvalue weighted by Gasteiger charge is -2.35. The van der Waals surface area contributed by atoms with Crippen molar-refractivity contribution >= 4 is 5.91 Å². The van der Waals surface area contributed by atoms with E-state index in [0.717, 1.165) is 38.3 Å². The van der Waals surface area contributed by atoms with E-state index in [-0.39, 0.29) is 11.9 Å². The van der Waals surface area contributed by atoms with Gasteiger partial charge in [0.15, 0.2) is 0 Å². The fourth-order valence-corrected chi connectivity index (χ4v) is 3.12. The van der Waals surface area contributed by atoms with Gasteiger partial charge in [-0.1, -0.05) is 18.2 Å². The van der Waals surface area contributed by atoms with Crippen molar-refractivity contribution < 1.29 is 9.53 Å². The highest BCUT2D eigenvalue weighted by molar-refractivity contribution is 5.78. The van der Waals surface area contributed by atoms with Crippen LogP contribution in [0.3, 0.4) is 0 Å². The van der Waals surface area contributed by atoms with Crippen molar-refractivity contribution in [2.45, 2.75) is 12.5 Å². The average molecular weight is 289 g/mol. The number of para-hydroxylation sites is 1. The van der Waals surface area contributed by atoms with E-state index in [1.165, 1.54) is 5.56 Å². The molecular weight excluding hydrogens is 266 g/mol. The number of rotatable bonds is 3. The monoisotopic (exact) mass is 289 g/mol. The van der Waals surface area contributed by atoms with Gasteiger partial charge >= 0.3 is 0 Å². The minimum Gasteiger partial charge on any atom is -0.493 e. The molecule has 1 saturated heterocycles. The van der Waals surface area contributed by atoms with Gasteiger partial charge in [-0.25, -0.2) is 0 Å². The third-order valence-corrected chi connectivity index (χ3v) is 4.31. The maximum absolute atomic E-state index is 12.4. The maximum Gasteiger partial charge on any atom is 0.236 e. The highest BCUT2D eigenvalue weighted by Crippen LogP contribution is 2.34. The lowest BCUT2D eigenvalue weighted by molar-refractivity contribution is -0.133. The van der Waals surface area contributed by atoms with Crippen LogP contribution in [0.4, 0.5) is 0 Å². The summed E-state index contributed by atoms with van der Waals surface area (Å²) in [6.45, 7) is 4.62. The Morgan fingerprint density at radius 2 is 2.14 bits per heavy atom. The van der Waals surface area contributed by atoms with Gasteiger partial charge in [-0.3, -0.25) is 9.69 Å². The summed E-state index contributed by atoms with van der Waals surface area (Å²) < 4.78 is 5.69. The molecule has 5 heteroatoms. The van der Waals surface area contributed by atoms with Crippen molar-refractivity contribution in [2.24, 2.45) is 0 Å². The number of fused-ring (bicyclic) bond motifs is 1. The molecule has 1 aromatic rings. The van der Waals surface area contributed by atoms with Crippen LogP contribution in [0.2, 0.25) is 0 Å². The fraction of sp³-hybridized carbons (Fsp3) is 0.562. The zero-order valence-corrected chi connectivity index (χ0v) is 12.5. The Bertz CT molecular complexity index is 500. The molecule has 3 rings (SSSR count). The first kappa shape index (κ1) is 14.4. The van der Waals surface area contributed by atoms with Gasteiger partial charge in [-0.2, -0.15) is 0 Å². The maximum atomic E-state index is 12.4. The lowest BCUT2D eigenvalue weighted by Crippen LogP contribution is -2.49. The highest BCUT2D eigenvalue weighted by atomic mass is 16.5. The van der Waals surface area contributed by atoms with Crippen molar-refractivity contribution in [3.05, 3.63) is 29.8 Å². The number of carbonyl (C=O) groups is 1. The minimum absolute atomic E-state index is 0.225. The van der Waals surface area contributed by atoms with Gasteiger partial charge in [0.1, 0.15) is 5.75 Å². The first-order chi connectivity index (χ1) is 10.3. The second-order valence-corrected chi connectivity index (χ2v) is 5.74. The van der Waals surface area contributed by atoms with Crippen LogP contribution in [0.1, 0.15) is 18.0 Å². The Labute approximate surface area is 125 Å². The standard InChI is InChI=1S/C16H23N3O2/c1-18(12-16(20)19-9-7-17-8-10-19)14-6-11-21-15-5-3-2-4-13(14)15/h2-5,14,17H,6-12H2,1H3. The quantitative estimate of drug-likeness (QED) is 0.897. The lowest BCUT2D eigenvalue weighted by atomic mass is 9.99. The van der Waals surface area contributed by atoms with E-state index in [4.69, 9.17) is 4.74 Å². The molecule has 2 heterocycles. The Hall–Kier alpha value is -1.59. The molecule has 1 aromatic carbocycles. The van der Waals surface area contributed by atoms with Crippen LogP contribution >= 0.6 is 0 Å². The third kappa shape index (κ3) is 3.19. The second kappa shape index (κ2) is 6.45. The van der Waals surface area contributed by atoms with E-state index in [0.29, 0.717) is 13.2 Å². The molecule has 1 N–H and O–H groups in total. The molecule has 2 aliphatic heterocycles. The van der Waals surface area contributed by atoms with E-state index in [9.17, 15) is 4.79 Å². The average Bonchev–Trinajstić information content (AvgIpc) is 2.55. The predicted octanol–water partition coefficient (Wildman–Crippen LogP) is 0.874. The SMILES string of the molecule is CN(CC(=O)N1CCNCC1)C1CCOc2ccccc21. The van der Waals surface area contributed by atoms with Crippen LogP contribution in [0.15, 0.2) is 24.3 Å². The summed E-state index contributed by atoms with van der Waals surface area (Å²) in [4.78, 5) is 16.5. The van der Waals surface area contributed by atoms with Crippen LogP contribution in [-0.2, 0) is 4.79 Å². The van der Waals surface area contributed by atoms with Crippen LogP contribution < -0.4 is 10.1 Å². The van der Waals surface area contributed by atoms with Crippen molar-refractivity contribution in [3.8, 4) is 5.75 Å². The summed E-state index contributed by atoms with van der Waals surface area (Å²) in [5, 5.41) is 3.28. The largest absolute Gasteiger partial charge is 0.493 e. The number of nitrogens with one attached hydrogen (secondary N) is 1. The predicted molar refractivity (Wildman–Crippen MR) is 81.4 cm³/mol. The van der Waals surface area contributed by atoms with E-state index in [1.807, 2.05) is 30.1 Å². The van der Waals surface area contributed by atoms with Crippen molar-refractivity contribution in [1.29, 1.82) is 0 Å². The topological polar surface area (TPSA) is 44.8 Å². The molecule has 5 nitrogen and oxygen atoms in total. The molecular formula is C16H23N3O2. The van der Waals surface area contributed by atoms with E-state index in [2.05, 4.69) is 16.3 Å². The van der Waals surface area contributed by atoms with Gasteiger partial charge in [0, 0.05) is 44.2 Å². The molecule has 114 valence electrons. The molecule has 0 spiro atoms. The zero-order valence-electron chi connectivity index (χ0n) is 12.5. The Morgan fingerprint density at radius 3 is 2.95 bits per heavy atom. The molecule has 0 bridgehead atoms. The molecule has 0 aromatic heterocycles. The van der Waals surface area contributed by atoms with Gasteiger partial charge in [0.05, 0.1) is 13.2 Å². The van der Waals surface area contributed by atoms with E-state index < -0.39 is 0 Å². The number of hydrogen-bond donors (Lipinski definition) is 1. The van der Waals surface area contributed by atoms with Gasteiger partial charge in [0.25, 0.3) is 0 Å². The van der Waals surface area contributed by atoms with Gasteiger partial charge in [0.2, 0.25) is 5.91 Å². The first-order valence-corrected chi connectivity index (χ1v) is 7.66. The fourth-order valence-electron chi connectivity index (χ4n) is 3.12. The van der Waals surface area contributed by atoms with E-state index in [1.54, 1.807) is 0 Å². The Balaban J connectivity index is 1.65. The summed E-state index contributed by atoms with van der Waals surface area (Å²) in [6.07, 6.45) is 0.933. The number of amides is 1. The molecule has 1 atom stereocenters. The van der Waals surface area contributed by atoms with Crippen molar-refractivity contribution in [2.75, 3.05) is 46.4 Å². The Kier molecular flexibility index (Phi) is 4.41. The van der Waals surface area contributed by atoms with E-state index >= 15 is 0 Å². The minimum atomic E-state index is 0.225. The zero-order chi connectivity index (χ0) is 14.7. The number of benzene rings is 1. The number of carbonyl (C=O) groups excluding carboxylic acids is 1. The highest BCUT2D eigenvalue weighted by Gasteiger charge is 2.27. The summed E-state index contributed by atoms with van der Waals surface area (Å²) >= 11 is 0. The van der Waals surface area contributed by atoms with Crippen molar-refractivity contribution in [1.82, 2.24) is 15.1 Å². The number of hydrogen-bond acceptors (Lipinski definition) is 4. The normalized spacial score (nSPS) is 21.8. The molecule has 1 unspecified atom stereocenters. The number of piperazine rings is 1. The van der Waals surface area contributed by atoms with Crippen LogP contribution in [0.5, 0.6) is 5.75 Å². The number of likely N-dealkylation sites (N-methyl/N-ethyl adjacent to an activating group) is 1. The molecule has 0 saturated carbocycles. The summed E-state index contributed by atoms with van der Waals surface area (Å²) in [5.41, 5.74) is 1.19. The van der Waals surface area contributed by atoms with Crippen LogP contribution in [-0.4, -0.2) is 62.1 Å². The number of nitrogens with zero attached hydrogens (tertiary/aromatic N) is 2. The molecule has 1 fully saturated rings. The van der Waals surface area contributed by atoms with Gasteiger partial charge in [-0.05, 0) is 13.1 Å². The van der Waals surface area contributed by atoms with Gasteiger partial charge < -0.3 is 15.0 Å². The Morgan fingerprint density at radius 1 is 1.38 bits per heavy atom. The second-order valence-electron chi connectivity index (χ2n) is 5.74. The molecule has 0 radical (unpaired) electrons. The third-order valence-electron chi connectivity index (χ3n) is 4.31. The smallest absolute Gasteiger partial charge is 0.236 e. The molecule has 2 aliphatic rings. The molecule has 21 heavy (non-hydrogen) atoms. The number of ether oxygens (including phenoxy) is 1. The van der Waals surface area contributed by atoms with Crippen LogP contribution in [0, 0.1) is 0 Å². The van der Waals surface area contributed by atoms with Gasteiger partial charge in [-0.15, -0.1) is 0 Å².